The average molecular weight is 347 g/mol. The molecule has 0 saturated heterocycles. The van der Waals surface area contributed by atoms with Crippen LogP contribution in [0.3, 0.4) is 0 Å². The standard InChI is InChI=1S/C16H14FN3OS2/c1-10-7-13-15(18-9-19-16(13)23-10)22-6-5-14(21)20-12-4-2-3-11(17)8-12/h2-4,7-9H,5-6H2,1H3,(H,20,21). The van der Waals surface area contributed by atoms with Crippen molar-refractivity contribution in [2.45, 2.75) is 18.4 Å². The van der Waals surface area contributed by atoms with Gasteiger partial charge in [-0.15, -0.1) is 23.1 Å². The lowest BCUT2D eigenvalue weighted by atomic mass is 10.3. The molecule has 1 aromatic carbocycles. The number of amides is 1. The number of carbonyl (C=O) groups is 1. The van der Waals surface area contributed by atoms with Gasteiger partial charge in [0.15, 0.2) is 0 Å². The third-order valence-electron chi connectivity index (χ3n) is 3.09. The van der Waals surface area contributed by atoms with E-state index in [0.717, 1.165) is 15.2 Å². The Bertz CT molecular complexity index is 850. The molecular formula is C16H14FN3OS2. The second kappa shape index (κ2) is 7.06. The smallest absolute Gasteiger partial charge is 0.225 e. The Labute approximate surface area is 141 Å². The van der Waals surface area contributed by atoms with E-state index in [2.05, 4.69) is 21.4 Å². The molecule has 2 aromatic heterocycles. The van der Waals surface area contributed by atoms with Crippen LogP contribution in [-0.4, -0.2) is 21.6 Å². The third-order valence-corrected chi connectivity index (χ3v) is 5.06. The molecule has 3 aromatic rings. The summed E-state index contributed by atoms with van der Waals surface area (Å²) in [5.41, 5.74) is 0.470. The highest BCUT2D eigenvalue weighted by molar-refractivity contribution is 7.99. The molecule has 3 rings (SSSR count). The van der Waals surface area contributed by atoms with Gasteiger partial charge < -0.3 is 5.32 Å². The zero-order valence-corrected chi connectivity index (χ0v) is 14.0. The van der Waals surface area contributed by atoms with Gasteiger partial charge in [-0.1, -0.05) is 6.07 Å². The highest BCUT2D eigenvalue weighted by Gasteiger charge is 2.09. The van der Waals surface area contributed by atoms with Crippen LogP contribution in [0.2, 0.25) is 0 Å². The Morgan fingerprint density at radius 1 is 1.35 bits per heavy atom. The first-order chi connectivity index (χ1) is 11.1. The van der Waals surface area contributed by atoms with Crippen LogP contribution in [0.15, 0.2) is 41.7 Å². The Kier molecular flexibility index (Phi) is 4.88. The van der Waals surface area contributed by atoms with Crippen molar-refractivity contribution in [3.8, 4) is 0 Å². The number of aryl methyl sites for hydroxylation is 1. The van der Waals surface area contributed by atoms with Crippen LogP contribution in [0.5, 0.6) is 0 Å². The molecular weight excluding hydrogens is 333 g/mol. The van der Waals surface area contributed by atoms with Crippen LogP contribution in [0, 0.1) is 12.7 Å². The van der Waals surface area contributed by atoms with Crippen LogP contribution in [0.1, 0.15) is 11.3 Å². The van der Waals surface area contributed by atoms with Gasteiger partial charge >= 0.3 is 0 Å². The number of benzene rings is 1. The van der Waals surface area contributed by atoms with Gasteiger partial charge in [0.1, 0.15) is 22.0 Å². The summed E-state index contributed by atoms with van der Waals surface area (Å²) in [6.45, 7) is 2.03. The molecule has 0 spiro atoms. The summed E-state index contributed by atoms with van der Waals surface area (Å²) in [5.74, 6) is 0.0885. The molecule has 1 N–H and O–H groups in total. The maximum atomic E-state index is 13.1. The largest absolute Gasteiger partial charge is 0.326 e. The number of anilines is 1. The predicted octanol–water partition coefficient (Wildman–Crippen LogP) is 4.26. The van der Waals surface area contributed by atoms with E-state index in [9.17, 15) is 9.18 Å². The molecule has 0 atom stereocenters. The molecule has 0 saturated carbocycles. The van der Waals surface area contributed by atoms with E-state index in [1.54, 1.807) is 29.8 Å². The fourth-order valence-electron chi connectivity index (χ4n) is 2.10. The first-order valence-electron chi connectivity index (χ1n) is 7.01. The van der Waals surface area contributed by atoms with Crippen molar-refractivity contribution in [1.82, 2.24) is 9.97 Å². The lowest BCUT2D eigenvalue weighted by Crippen LogP contribution is -2.12. The van der Waals surface area contributed by atoms with Crippen molar-refractivity contribution >= 4 is 44.9 Å². The predicted molar refractivity (Wildman–Crippen MR) is 92.5 cm³/mol. The number of hydrogen-bond acceptors (Lipinski definition) is 5. The van der Waals surface area contributed by atoms with E-state index >= 15 is 0 Å². The molecule has 0 aliphatic heterocycles. The molecule has 1 amide bonds. The number of thioether (sulfide) groups is 1. The normalized spacial score (nSPS) is 10.9. The number of nitrogens with one attached hydrogen (secondary N) is 1. The Balaban J connectivity index is 1.57. The van der Waals surface area contributed by atoms with Gasteiger partial charge in [0.05, 0.1) is 0 Å². The first-order valence-corrected chi connectivity index (χ1v) is 8.81. The molecule has 0 unspecified atom stereocenters. The minimum Gasteiger partial charge on any atom is -0.326 e. The maximum absolute atomic E-state index is 13.1. The summed E-state index contributed by atoms with van der Waals surface area (Å²) in [5, 5.41) is 4.61. The van der Waals surface area contributed by atoms with Gasteiger partial charge in [0.25, 0.3) is 0 Å². The minimum absolute atomic E-state index is 0.144. The topological polar surface area (TPSA) is 54.9 Å². The second-order valence-electron chi connectivity index (χ2n) is 4.91. The zero-order chi connectivity index (χ0) is 16.2. The Morgan fingerprint density at radius 3 is 3.04 bits per heavy atom. The van der Waals surface area contributed by atoms with Gasteiger partial charge in [-0.05, 0) is 31.2 Å². The fraction of sp³-hybridized carbons (Fsp3) is 0.188. The molecule has 0 aliphatic rings. The fourth-order valence-corrected chi connectivity index (χ4v) is 3.92. The molecule has 0 fully saturated rings. The van der Waals surface area contributed by atoms with Crippen molar-refractivity contribution in [3.05, 3.63) is 47.4 Å². The minimum atomic E-state index is -0.367. The van der Waals surface area contributed by atoms with Crippen molar-refractivity contribution in [2.75, 3.05) is 11.1 Å². The number of rotatable bonds is 5. The molecule has 4 nitrogen and oxygen atoms in total. The van der Waals surface area contributed by atoms with Gasteiger partial charge in [0, 0.05) is 28.1 Å². The van der Waals surface area contributed by atoms with E-state index in [1.807, 2.05) is 6.92 Å². The summed E-state index contributed by atoms with van der Waals surface area (Å²) in [6.07, 6.45) is 1.88. The lowest BCUT2D eigenvalue weighted by molar-refractivity contribution is -0.115. The molecule has 0 bridgehead atoms. The maximum Gasteiger partial charge on any atom is 0.225 e. The second-order valence-corrected chi connectivity index (χ2v) is 7.23. The zero-order valence-electron chi connectivity index (χ0n) is 12.4. The van der Waals surface area contributed by atoms with Crippen molar-refractivity contribution in [1.29, 1.82) is 0 Å². The summed E-state index contributed by atoms with van der Waals surface area (Å²) in [4.78, 5) is 22.6. The summed E-state index contributed by atoms with van der Waals surface area (Å²) in [6, 6.07) is 7.93. The van der Waals surface area contributed by atoms with Gasteiger partial charge in [-0.3, -0.25) is 4.79 Å². The number of nitrogens with zero attached hydrogens (tertiary/aromatic N) is 2. The highest BCUT2D eigenvalue weighted by atomic mass is 32.2. The Hall–Kier alpha value is -1.99. The van der Waals surface area contributed by atoms with Crippen molar-refractivity contribution in [3.63, 3.8) is 0 Å². The van der Waals surface area contributed by atoms with Crippen molar-refractivity contribution < 1.29 is 9.18 Å². The first kappa shape index (κ1) is 15.9. The van der Waals surface area contributed by atoms with Gasteiger partial charge in [-0.2, -0.15) is 0 Å². The molecule has 118 valence electrons. The number of hydrogen-bond donors (Lipinski definition) is 1. The van der Waals surface area contributed by atoms with Gasteiger partial charge in [-0.25, -0.2) is 14.4 Å². The highest BCUT2D eigenvalue weighted by Crippen LogP contribution is 2.30. The van der Waals surface area contributed by atoms with E-state index in [-0.39, 0.29) is 11.7 Å². The number of fused-ring (bicyclic) bond motifs is 1. The molecule has 0 aliphatic carbocycles. The lowest BCUT2D eigenvalue weighted by Gasteiger charge is -2.05. The van der Waals surface area contributed by atoms with Crippen LogP contribution in [0.4, 0.5) is 10.1 Å². The molecule has 23 heavy (non-hydrogen) atoms. The average Bonchev–Trinajstić information content (AvgIpc) is 2.88. The van der Waals surface area contributed by atoms with E-state index in [0.29, 0.717) is 17.9 Å². The van der Waals surface area contributed by atoms with E-state index in [4.69, 9.17) is 0 Å². The van der Waals surface area contributed by atoms with E-state index < -0.39 is 0 Å². The summed E-state index contributed by atoms with van der Waals surface area (Å²) in [7, 11) is 0. The van der Waals surface area contributed by atoms with Crippen molar-refractivity contribution in [2.24, 2.45) is 0 Å². The summed E-state index contributed by atoms with van der Waals surface area (Å²) >= 11 is 3.16. The third kappa shape index (κ3) is 4.05. The number of aromatic nitrogens is 2. The van der Waals surface area contributed by atoms with Crippen LogP contribution in [0.25, 0.3) is 10.2 Å². The molecule has 7 heteroatoms. The number of halogens is 1. The number of thiophene rings is 1. The quantitative estimate of drug-likeness (QED) is 0.553. The monoisotopic (exact) mass is 347 g/mol. The number of carbonyl (C=O) groups excluding carboxylic acids is 1. The van der Waals surface area contributed by atoms with Crippen LogP contribution < -0.4 is 5.32 Å². The van der Waals surface area contributed by atoms with Crippen LogP contribution in [-0.2, 0) is 4.79 Å². The van der Waals surface area contributed by atoms with Gasteiger partial charge in [0.2, 0.25) is 5.91 Å². The molecule has 2 heterocycles. The van der Waals surface area contributed by atoms with E-state index in [1.165, 1.54) is 28.8 Å². The summed E-state index contributed by atoms with van der Waals surface area (Å²) < 4.78 is 13.1. The molecule has 0 radical (unpaired) electrons. The SMILES string of the molecule is Cc1cc2c(SCCC(=O)Nc3cccc(F)c3)ncnc2s1. The van der Waals surface area contributed by atoms with Crippen LogP contribution >= 0.6 is 23.1 Å². The Morgan fingerprint density at radius 2 is 2.22 bits per heavy atom.